The summed E-state index contributed by atoms with van der Waals surface area (Å²) < 4.78 is 6.67. The molecule has 2 aromatic carbocycles. The second kappa shape index (κ2) is 9.76. The van der Waals surface area contributed by atoms with Crippen LogP contribution in [0, 0.1) is 0 Å². The van der Waals surface area contributed by atoms with Gasteiger partial charge in [0.25, 0.3) is 5.22 Å². The van der Waals surface area contributed by atoms with Gasteiger partial charge in [-0.1, -0.05) is 54.2 Å². The number of hydrogen-bond acceptors (Lipinski definition) is 6. The summed E-state index contributed by atoms with van der Waals surface area (Å²) >= 11 is 4.80. The van der Waals surface area contributed by atoms with Crippen molar-refractivity contribution in [3.63, 3.8) is 0 Å². The molecule has 1 amide bonds. The molecule has 156 valence electrons. The van der Waals surface area contributed by atoms with Crippen LogP contribution in [0.3, 0.4) is 0 Å². The van der Waals surface area contributed by atoms with E-state index in [0.29, 0.717) is 11.1 Å². The standard InChI is InChI=1S/C22H23BrN4O2S/c1-16(30-22-25-24-20(29-22)18-9-5-6-10-19(18)23)21(28)27-13-11-26(12-14-27)15-17-7-3-2-4-8-17/h2-10,16H,11-15H2,1H3/t16-/m1/s1. The summed E-state index contributed by atoms with van der Waals surface area (Å²) in [6, 6.07) is 18.1. The Balaban J connectivity index is 1.30. The number of amides is 1. The van der Waals surface area contributed by atoms with Crippen LogP contribution < -0.4 is 0 Å². The molecule has 1 fully saturated rings. The largest absolute Gasteiger partial charge is 0.411 e. The monoisotopic (exact) mass is 486 g/mol. The van der Waals surface area contributed by atoms with Crippen LogP contribution >= 0.6 is 27.7 Å². The third-order valence-electron chi connectivity index (χ3n) is 5.07. The average molecular weight is 487 g/mol. The molecule has 1 aliphatic heterocycles. The lowest BCUT2D eigenvalue weighted by Gasteiger charge is -2.35. The van der Waals surface area contributed by atoms with E-state index in [1.54, 1.807) is 0 Å². The predicted molar refractivity (Wildman–Crippen MR) is 121 cm³/mol. The molecule has 0 aliphatic carbocycles. The first-order valence-corrected chi connectivity index (χ1v) is 11.6. The van der Waals surface area contributed by atoms with Crippen LogP contribution in [-0.4, -0.2) is 57.3 Å². The number of hydrogen-bond donors (Lipinski definition) is 0. The molecular weight excluding hydrogens is 464 g/mol. The van der Waals surface area contributed by atoms with E-state index in [1.807, 2.05) is 42.2 Å². The fraction of sp³-hybridized carbons (Fsp3) is 0.318. The normalized spacial score (nSPS) is 15.9. The fourth-order valence-corrected chi connectivity index (χ4v) is 4.65. The number of rotatable bonds is 6. The van der Waals surface area contributed by atoms with Crippen molar-refractivity contribution in [2.45, 2.75) is 23.9 Å². The van der Waals surface area contributed by atoms with E-state index >= 15 is 0 Å². The Bertz CT molecular complexity index is 990. The first-order valence-electron chi connectivity index (χ1n) is 9.90. The Kier molecular flexibility index (Phi) is 6.86. The van der Waals surface area contributed by atoms with Gasteiger partial charge in [-0.3, -0.25) is 9.69 Å². The highest BCUT2D eigenvalue weighted by atomic mass is 79.9. The van der Waals surface area contributed by atoms with Crippen molar-refractivity contribution in [1.82, 2.24) is 20.0 Å². The van der Waals surface area contributed by atoms with Crippen molar-refractivity contribution in [3.05, 3.63) is 64.6 Å². The van der Waals surface area contributed by atoms with Gasteiger partial charge in [-0.05, 0) is 40.5 Å². The first-order chi connectivity index (χ1) is 14.6. The van der Waals surface area contributed by atoms with Gasteiger partial charge in [-0.15, -0.1) is 10.2 Å². The van der Waals surface area contributed by atoms with Gasteiger partial charge in [0.1, 0.15) is 0 Å². The third-order valence-corrected chi connectivity index (χ3v) is 6.68. The molecule has 3 aromatic rings. The van der Waals surface area contributed by atoms with E-state index in [4.69, 9.17) is 4.42 Å². The summed E-state index contributed by atoms with van der Waals surface area (Å²) in [6.07, 6.45) is 0. The van der Waals surface area contributed by atoms with Crippen LogP contribution in [-0.2, 0) is 11.3 Å². The third kappa shape index (κ3) is 5.11. The molecule has 4 rings (SSSR count). The SMILES string of the molecule is C[C@@H](Sc1nnc(-c2ccccc2Br)o1)C(=O)N1CCN(Cc2ccccc2)CC1. The van der Waals surface area contributed by atoms with Crippen molar-refractivity contribution in [2.24, 2.45) is 0 Å². The number of aromatic nitrogens is 2. The Hall–Kier alpha value is -2.16. The van der Waals surface area contributed by atoms with Gasteiger partial charge in [0.05, 0.1) is 10.8 Å². The van der Waals surface area contributed by atoms with Gasteiger partial charge >= 0.3 is 0 Å². The van der Waals surface area contributed by atoms with Crippen LogP contribution in [0.1, 0.15) is 12.5 Å². The molecule has 8 heteroatoms. The van der Waals surface area contributed by atoms with Crippen LogP contribution in [0.5, 0.6) is 0 Å². The molecule has 1 saturated heterocycles. The van der Waals surface area contributed by atoms with Crippen LogP contribution in [0.15, 0.2) is 68.7 Å². The smallest absolute Gasteiger partial charge is 0.277 e. The highest BCUT2D eigenvalue weighted by Crippen LogP contribution is 2.30. The maximum atomic E-state index is 12.9. The van der Waals surface area contributed by atoms with Gasteiger partial charge in [0.15, 0.2) is 0 Å². The van der Waals surface area contributed by atoms with E-state index in [0.717, 1.165) is 42.8 Å². The molecule has 0 saturated carbocycles. The number of carbonyl (C=O) groups excluding carboxylic acids is 1. The molecule has 0 spiro atoms. The van der Waals surface area contributed by atoms with Gasteiger partial charge in [-0.2, -0.15) is 0 Å². The lowest BCUT2D eigenvalue weighted by atomic mass is 10.2. The zero-order valence-electron chi connectivity index (χ0n) is 16.7. The number of thioether (sulfide) groups is 1. The molecule has 0 radical (unpaired) electrons. The maximum absolute atomic E-state index is 12.9. The quantitative estimate of drug-likeness (QED) is 0.483. The number of piperazine rings is 1. The highest BCUT2D eigenvalue weighted by Gasteiger charge is 2.27. The van der Waals surface area contributed by atoms with Crippen molar-refractivity contribution >= 4 is 33.6 Å². The Labute approximate surface area is 188 Å². The number of halogens is 1. The van der Waals surface area contributed by atoms with Crippen molar-refractivity contribution in [2.75, 3.05) is 26.2 Å². The maximum Gasteiger partial charge on any atom is 0.277 e. The first kappa shape index (κ1) is 21.1. The molecular formula is C22H23BrN4O2S. The summed E-state index contributed by atoms with van der Waals surface area (Å²) in [7, 11) is 0. The van der Waals surface area contributed by atoms with Crippen LogP contribution in [0.2, 0.25) is 0 Å². The van der Waals surface area contributed by atoms with E-state index in [9.17, 15) is 4.79 Å². The number of nitrogens with zero attached hydrogens (tertiary/aromatic N) is 4. The second-order valence-electron chi connectivity index (χ2n) is 7.20. The Morgan fingerprint density at radius 1 is 1.07 bits per heavy atom. The number of carbonyl (C=O) groups is 1. The summed E-state index contributed by atoms with van der Waals surface area (Å²) in [5.41, 5.74) is 2.14. The Morgan fingerprint density at radius 3 is 2.50 bits per heavy atom. The minimum Gasteiger partial charge on any atom is -0.411 e. The van der Waals surface area contributed by atoms with Crippen molar-refractivity contribution < 1.29 is 9.21 Å². The average Bonchev–Trinajstić information content (AvgIpc) is 3.23. The van der Waals surface area contributed by atoms with Gasteiger partial charge in [0, 0.05) is 37.2 Å². The molecule has 2 heterocycles. The van der Waals surface area contributed by atoms with E-state index in [-0.39, 0.29) is 11.2 Å². The lowest BCUT2D eigenvalue weighted by Crippen LogP contribution is -2.50. The van der Waals surface area contributed by atoms with Crippen LogP contribution in [0.4, 0.5) is 0 Å². The molecule has 0 unspecified atom stereocenters. The van der Waals surface area contributed by atoms with Crippen LogP contribution in [0.25, 0.3) is 11.5 Å². The second-order valence-corrected chi connectivity index (χ2v) is 9.35. The van der Waals surface area contributed by atoms with Gasteiger partial charge in [-0.25, -0.2) is 0 Å². The number of benzene rings is 2. The van der Waals surface area contributed by atoms with Gasteiger partial charge < -0.3 is 9.32 Å². The van der Waals surface area contributed by atoms with Crippen molar-refractivity contribution in [1.29, 1.82) is 0 Å². The fourth-order valence-electron chi connectivity index (χ4n) is 3.43. The zero-order chi connectivity index (χ0) is 20.9. The molecule has 6 nitrogen and oxygen atoms in total. The lowest BCUT2D eigenvalue weighted by molar-refractivity contribution is -0.132. The minimum absolute atomic E-state index is 0.111. The minimum atomic E-state index is -0.279. The summed E-state index contributed by atoms with van der Waals surface area (Å²) in [4.78, 5) is 17.2. The topological polar surface area (TPSA) is 62.5 Å². The predicted octanol–water partition coefficient (Wildman–Crippen LogP) is 4.32. The zero-order valence-corrected chi connectivity index (χ0v) is 19.1. The summed E-state index contributed by atoms with van der Waals surface area (Å²) in [5, 5.41) is 8.36. The molecule has 0 bridgehead atoms. The molecule has 30 heavy (non-hydrogen) atoms. The molecule has 1 atom stereocenters. The molecule has 1 aromatic heterocycles. The molecule has 1 aliphatic rings. The Morgan fingerprint density at radius 2 is 1.77 bits per heavy atom. The molecule has 0 N–H and O–H groups in total. The van der Waals surface area contributed by atoms with Gasteiger partial charge in [0.2, 0.25) is 11.8 Å². The summed E-state index contributed by atoms with van der Waals surface area (Å²) in [6.45, 7) is 6.05. The summed E-state index contributed by atoms with van der Waals surface area (Å²) in [5.74, 6) is 0.555. The highest BCUT2D eigenvalue weighted by molar-refractivity contribution is 9.10. The van der Waals surface area contributed by atoms with E-state index < -0.39 is 0 Å². The van der Waals surface area contributed by atoms with E-state index in [2.05, 4.69) is 55.3 Å². The van der Waals surface area contributed by atoms with Crippen molar-refractivity contribution in [3.8, 4) is 11.5 Å². The van der Waals surface area contributed by atoms with E-state index in [1.165, 1.54) is 17.3 Å².